The Balaban J connectivity index is 1.31. The molecular formula is C20H23ClF2N4O. The van der Waals surface area contributed by atoms with Crippen molar-refractivity contribution in [3.05, 3.63) is 29.4 Å². The normalized spacial score (nSPS) is 20.5. The van der Waals surface area contributed by atoms with Crippen molar-refractivity contribution < 1.29 is 13.6 Å². The van der Waals surface area contributed by atoms with Crippen LogP contribution in [0, 0.1) is 5.92 Å². The monoisotopic (exact) mass is 408 g/mol. The van der Waals surface area contributed by atoms with E-state index in [0.717, 1.165) is 42.8 Å². The van der Waals surface area contributed by atoms with Gasteiger partial charge in [0.15, 0.2) is 0 Å². The van der Waals surface area contributed by atoms with Crippen LogP contribution in [0.5, 0.6) is 0 Å². The van der Waals surface area contributed by atoms with Gasteiger partial charge in [-0.15, -0.1) is 0 Å². The van der Waals surface area contributed by atoms with Crippen LogP contribution >= 0.6 is 11.6 Å². The summed E-state index contributed by atoms with van der Waals surface area (Å²) in [4.78, 5) is 25.3. The highest BCUT2D eigenvalue weighted by Crippen LogP contribution is 2.30. The smallest absolute Gasteiger partial charge is 0.251 e. The second kappa shape index (κ2) is 7.78. The molecule has 0 atom stereocenters. The maximum atomic E-state index is 13.3. The predicted molar refractivity (Wildman–Crippen MR) is 105 cm³/mol. The van der Waals surface area contributed by atoms with Crippen molar-refractivity contribution in [2.24, 2.45) is 5.92 Å². The van der Waals surface area contributed by atoms with E-state index < -0.39 is 5.92 Å². The number of carbonyl (C=O) groups is 1. The van der Waals surface area contributed by atoms with Gasteiger partial charge in [-0.1, -0.05) is 11.6 Å². The number of carbonyl (C=O) groups excluding carboxylic acids is 1. The van der Waals surface area contributed by atoms with E-state index in [4.69, 9.17) is 11.6 Å². The SMILES string of the molecule is O=C(CC1CCN(c2cnc3cc(Cl)ccc3n2)CC1)N1CCC(F)(F)CC1. The summed E-state index contributed by atoms with van der Waals surface area (Å²) >= 11 is 5.99. The molecule has 1 aromatic carbocycles. The predicted octanol–water partition coefficient (Wildman–Crippen LogP) is 4.15. The quantitative estimate of drug-likeness (QED) is 0.765. The van der Waals surface area contributed by atoms with E-state index in [9.17, 15) is 13.6 Å². The third-order valence-corrected chi connectivity index (χ3v) is 5.98. The summed E-state index contributed by atoms with van der Waals surface area (Å²) in [5.74, 6) is -1.48. The number of fused-ring (bicyclic) bond motifs is 1. The van der Waals surface area contributed by atoms with Gasteiger partial charge in [-0.3, -0.25) is 9.78 Å². The van der Waals surface area contributed by atoms with E-state index in [2.05, 4.69) is 14.9 Å². The molecule has 8 heteroatoms. The van der Waals surface area contributed by atoms with E-state index in [1.165, 1.54) is 0 Å². The molecule has 1 amide bonds. The van der Waals surface area contributed by atoms with Gasteiger partial charge in [0, 0.05) is 50.5 Å². The Morgan fingerprint density at radius 3 is 2.57 bits per heavy atom. The van der Waals surface area contributed by atoms with E-state index in [1.54, 1.807) is 23.2 Å². The molecule has 0 bridgehead atoms. The number of hydrogen-bond donors (Lipinski definition) is 0. The molecule has 2 aliphatic rings. The first kappa shape index (κ1) is 19.3. The highest BCUT2D eigenvalue weighted by atomic mass is 35.5. The van der Waals surface area contributed by atoms with E-state index in [0.29, 0.717) is 17.4 Å². The highest BCUT2D eigenvalue weighted by Gasteiger charge is 2.36. The minimum absolute atomic E-state index is 0.0105. The van der Waals surface area contributed by atoms with Gasteiger partial charge in [-0.25, -0.2) is 13.8 Å². The lowest BCUT2D eigenvalue weighted by Gasteiger charge is -2.35. The Morgan fingerprint density at radius 1 is 1.14 bits per heavy atom. The Kier molecular flexibility index (Phi) is 5.36. The van der Waals surface area contributed by atoms with Gasteiger partial charge in [0.05, 0.1) is 17.2 Å². The zero-order chi connectivity index (χ0) is 19.7. The number of aromatic nitrogens is 2. The van der Waals surface area contributed by atoms with Crippen molar-refractivity contribution in [1.82, 2.24) is 14.9 Å². The Hall–Kier alpha value is -2.02. The molecule has 0 aliphatic carbocycles. The van der Waals surface area contributed by atoms with Crippen LogP contribution in [-0.4, -0.2) is 52.9 Å². The third-order valence-electron chi connectivity index (χ3n) is 5.74. The molecule has 2 fully saturated rings. The fourth-order valence-corrected chi connectivity index (χ4v) is 4.12. The summed E-state index contributed by atoms with van der Waals surface area (Å²) in [6.45, 7) is 1.95. The second-order valence-corrected chi connectivity index (χ2v) is 8.17. The van der Waals surface area contributed by atoms with Gasteiger partial charge in [0.25, 0.3) is 5.92 Å². The van der Waals surface area contributed by atoms with Crippen molar-refractivity contribution >= 4 is 34.4 Å². The number of amides is 1. The van der Waals surface area contributed by atoms with Crippen LogP contribution in [0.4, 0.5) is 14.6 Å². The maximum Gasteiger partial charge on any atom is 0.251 e. The van der Waals surface area contributed by atoms with Gasteiger partial charge in [-0.2, -0.15) is 0 Å². The molecule has 2 aliphatic heterocycles. The van der Waals surface area contributed by atoms with Crippen molar-refractivity contribution in [1.29, 1.82) is 0 Å². The highest BCUT2D eigenvalue weighted by molar-refractivity contribution is 6.31. The van der Waals surface area contributed by atoms with Gasteiger partial charge in [0.1, 0.15) is 5.82 Å². The molecule has 1 aromatic heterocycles. The van der Waals surface area contributed by atoms with Crippen LogP contribution in [0.15, 0.2) is 24.4 Å². The molecule has 150 valence electrons. The van der Waals surface area contributed by atoms with Crippen LogP contribution in [-0.2, 0) is 4.79 Å². The lowest BCUT2D eigenvalue weighted by atomic mass is 9.92. The van der Waals surface area contributed by atoms with Crippen molar-refractivity contribution in [2.75, 3.05) is 31.1 Å². The molecule has 0 radical (unpaired) electrons. The number of likely N-dealkylation sites (tertiary alicyclic amines) is 1. The van der Waals surface area contributed by atoms with Crippen molar-refractivity contribution in [3.63, 3.8) is 0 Å². The summed E-state index contributed by atoms with van der Waals surface area (Å²) in [5, 5.41) is 0.637. The van der Waals surface area contributed by atoms with E-state index in [1.807, 2.05) is 6.07 Å². The standard InChI is InChI=1S/C20H23ClF2N4O/c21-15-1-2-16-17(12-15)24-13-18(25-16)26-7-3-14(4-8-26)11-19(28)27-9-5-20(22,23)6-10-27/h1-2,12-14H,3-11H2. The minimum atomic E-state index is -2.62. The number of halogens is 3. The summed E-state index contributed by atoms with van der Waals surface area (Å²) in [6.07, 6.45) is 3.54. The van der Waals surface area contributed by atoms with Gasteiger partial charge >= 0.3 is 0 Å². The first-order valence-corrected chi connectivity index (χ1v) is 10.1. The van der Waals surface area contributed by atoms with E-state index >= 15 is 0 Å². The average molecular weight is 409 g/mol. The lowest BCUT2D eigenvalue weighted by molar-refractivity contribution is -0.138. The molecule has 2 saturated heterocycles. The number of alkyl halides is 2. The fraction of sp³-hybridized carbons (Fsp3) is 0.550. The zero-order valence-electron chi connectivity index (χ0n) is 15.6. The average Bonchev–Trinajstić information content (AvgIpc) is 2.68. The van der Waals surface area contributed by atoms with Gasteiger partial charge < -0.3 is 9.80 Å². The molecule has 0 N–H and O–H groups in total. The Bertz CT molecular complexity index is 860. The molecular weight excluding hydrogens is 386 g/mol. The molecule has 28 heavy (non-hydrogen) atoms. The first-order valence-electron chi connectivity index (χ1n) is 9.72. The van der Waals surface area contributed by atoms with Crippen LogP contribution in [0.3, 0.4) is 0 Å². The largest absolute Gasteiger partial charge is 0.355 e. The molecule has 2 aromatic rings. The summed E-state index contributed by atoms with van der Waals surface area (Å²) in [6, 6.07) is 5.46. The van der Waals surface area contributed by atoms with Crippen LogP contribution in [0.2, 0.25) is 5.02 Å². The molecule has 0 saturated carbocycles. The third kappa shape index (κ3) is 4.35. The summed E-state index contributed by atoms with van der Waals surface area (Å²) in [7, 11) is 0. The van der Waals surface area contributed by atoms with Crippen LogP contribution < -0.4 is 4.90 Å². The molecule has 5 nitrogen and oxygen atoms in total. The first-order chi connectivity index (χ1) is 13.4. The number of anilines is 1. The number of rotatable bonds is 3. The Labute approximate surface area is 167 Å². The number of hydrogen-bond acceptors (Lipinski definition) is 4. The number of benzene rings is 1. The molecule has 3 heterocycles. The second-order valence-electron chi connectivity index (χ2n) is 7.73. The van der Waals surface area contributed by atoms with Gasteiger partial charge in [0.2, 0.25) is 5.91 Å². The number of piperidine rings is 2. The number of nitrogens with zero attached hydrogens (tertiary/aromatic N) is 4. The van der Waals surface area contributed by atoms with Crippen molar-refractivity contribution in [3.8, 4) is 0 Å². The minimum Gasteiger partial charge on any atom is -0.355 e. The Morgan fingerprint density at radius 2 is 1.86 bits per heavy atom. The van der Waals surface area contributed by atoms with Crippen LogP contribution in [0.1, 0.15) is 32.1 Å². The summed E-state index contributed by atoms with van der Waals surface area (Å²) < 4.78 is 26.5. The molecule has 4 rings (SSSR count). The molecule has 0 unspecified atom stereocenters. The zero-order valence-corrected chi connectivity index (χ0v) is 16.3. The van der Waals surface area contributed by atoms with Crippen molar-refractivity contribution in [2.45, 2.75) is 38.0 Å². The summed E-state index contributed by atoms with van der Waals surface area (Å²) in [5.41, 5.74) is 1.57. The van der Waals surface area contributed by atoms with Gasteiger partial charge in [-0.05, 0) is 37.0 Å². The molecule has 0 spiro atoms. The maximum absolute atomic E-state index is 13.3. The topological polar surface area (TPSA) is 49.3 Å². The van der Waals surface area contributed by atoms with Crippen LogP contribution in [0.25, 0.3) is 11.0 Å². The lowest BCUT2D eigenvalue weighted by Crippen LogP contribution is -2.44. The fourth-order valence-electron chi connectivity index (χ4n) is 3.95. The van der Waals surface area contributed by atoms with E-state index in [-0.39, 0.29) is 31.8 Å².